The van der Waals surface area contributed by atoms with Gasteiger partial charge >= 0.3 is 0 Å². The van der Waals surface area contributed by atoms with Gasteiger partial charge in [-0.15, -0.1) is 0 Å². The lowest BCUT2D eigenvalue weighted by Gasteiger charge is -2.13. The Morgan fingerprint density at radius 2 is 1.76 bits per heavy atom. The molecule has 4 rings (SSSR count). The van der Waals surface area contributed by atoms with E-state index >= 15 is 0 Å². The summed E-state index contributed by atoms with van der Waals surface area (Å²) in [4.78, 5) is 39.3. The summed E-state index contributed by atoms with van der Waals surface area (Å²) in [5, 5.41) is 3.93. The fourth-order valence-electron chi connectivity index (χ4n) is 3.37. The summed E-state index contributed by atoms with van der Waals surface area (Å²) in [6, 6.07) is 14.9. The lowest BCUT2D eigenvalue weighted by molar-refractivity contribution is -0.123. The number of imide groups is 1. The number of nitrogens with one attached hydrogen (secondary N) is 1. The van der Waals surface area contributed by atoms with Crippen molar-refractivity contribution in [1.82, 2.24) is 4.90 Å². The number of halogens is 4. The van der Waals surface area contributed by atoms with E-state index in [1.54, 1.807) is 54.6 Å². The van der Waals surface area contributed by atoms with Crippen molar-refractivity contribution >= 4 is 87.0 Å². The highest BCUT2D eigenvalue weighted by atomic mass is 35.5. The Balaban J connectivity index is 1.48. The Kier molecular flexibility index (Phi) is 8.72. The maximum absolute atomic E-state index is 13.0. The molecule has 3 aromatic carbocycles. The van der Waals surface area contributed by atoms with Gasteiger partial charge in [-0.3, -0.25) is 19.3 Å². The smallest absolute Gasteiger partial charge is 0.293 e. The van der Waals surface area contributed by atoms with Crippen LogP contribution in [0.15, 0.2) is 59.5 Å². The molecule has 6 nitrogen and oxygen atoms in total. The molecule has 0 atom stereocenters. The summed E-state index contributed by atoms with van der Waals surface area (Å²) in [6.45, 7) is 1.61. The minimum absolute atomic E-state index is 0.0427. The molecule has 11 heteroatoms. The van der Waals surface area contributed by atoms with Crippen molar-refractivity contribution in [3.05, 3.63) is 96.3 Å². The van der Waals surface area contributed by atoms with Gasteiger partial charge in [0.15, 0.2) is 6.61 Å². The van der Waals surface area contributed by atoms with Gasteiger partial charge in [0.25, 0.3) is 17.1 Å². The number of rotatable bonds is 7. The molecule has 1 heterocycles. The first-order chi connectivity index (χ1) is 17.6. The molecule has 1 fully saturated rings. The molecule has 1 aliphatic heterocycles. The van der Waals surface area contributed by atoms with E-state index in [2.05, 4.69) is 5.32 Å². The Bertz CT molecular complexity index is 1440. The highest BCUT2D eigenvalue weighted by Gasteiger charge is 2.35. The van der Waals surface area contributed by atoms with Gasteiger partial charge in [0, 0.05) is 21.3 Å². The average molecular weight is 596 g/mol. The third-order valence-electron chi connectivity index (χ3n) is 5.27. The largest absolute Gasteiger partial charge is 0.483 e. The van der Waals surface area contributed by atoms with Crippen molar-refractivity contribution in [2.24, 2.45) is 0 Å². The van der Waals surface area contributed by atoms with Crippen LogP contribution in [0.1, 0.15) is 16.7 Å². The number of amides is 3. The van der Waals surface area contributed by atoms with E-state index in [9.17, 15) is 14.4 Å². The van der Waals surface area contributed by atoms with Gasteiger partial charge in [-0.1, -0.05) is 58.5 Å². The second kappa shape index (κ2) is 11.8. The molecule has 37 heavy (non-hydrogen) atoms. The van der Waals surface area contributed by atoms with Crippen LogP contribution in [0.4, 0.5) is 10.5 Å². The average Bonchev–Trinajstić information content (AvgIpc) is 3.10. The quantitative estimate of drug-likeness (QED) is 0.281. The first-order valence-electron chi connectivity index (χ1n) is 10.8. The summed E-state index contributed by atoms with van der Waals surface area (Å²) in [5.74, 6) is -0.554. The van der Waals surface area contributed by atoms with Crippen LogP contribution in [-0.4, -0.2) is 28.6 Å². The molecular weight excluding hydrogens is 578 g/mol. The van der Waals surface area contributed by atoms with Crippen LogP contribution >= 0.6 is 58.2 Å². The van der Waals surface area contributed by atoms with E-state index in [0.29, 0.717) is 42.7 Å². The molecule has 0 radical (unpaired) electrons. The van der Waals surface area contributed by atoms with Gasteiger partial charge in [0.2, 0.25) is 0 Å². The molecule has 1 N–H and O–H groups in total. The Hall–Kier alpha value is -2.68. The predicted octanol–water partition coefficient (Wildman–Crippen LogP) is 7.86. The van der Waals surface area contributed by atoms with Crippen LogP contribution in [0.25, 0.3) is 6.08 Å². The summed E-state index contributed by atoms with van der Waals surface area (Å²) >= 11 is 25.1. The summed E-state index contributed by atoms with van der Waals surface area (Å²) in [5.41, 5.74) is 2.53. The highest BCUT2D eigenvalue weighted by molar-refractivity contribution is 8.18. The topological polar surface area (TPSA) is 75.7 Å². The predicted molar refractivity (Wildman–Crippen MR) is 150 cm³/mol. The first kappa shape index (κ1) is 27.4. The van der Waals surface area contributed by atoms with E-state index in [1.165, 1.54) is 6.08 Å². The first-order valence-corrected chi connectivity index (χ1v) is 13.1. The Labute approximate surface area is 237 Å². The molecule has 3 aromatic rings. The van der Waals surface area contributed by atoms with Crippen LogP contribution in [-0.2, 0) is 16.1 Å². The van der Waals surface area contributed by atoms with Crippen LogP contribution in [0.5, 0.6) is 5.75 Å². The molecule has 1 saturated heterocycles. The molecule has 3 amide bonds. The van der Waals surface area contributed by atoms with E-state index in [1.807, 2.05) is 6.92 Å². The van der Waals surface area contributed by atoms with Crippen molar-refractivity contribution in [2.75, 3.05) is 11.9 Å². The zero-order valence-corrected chi connectivity index (χ0v) is 23.0. The van der Waals surface area contributed by atoms with Gasteiger partial charge in [-0.2, -0.15) is 0 Å². The molecule has 1 aliphatic rings. The molecule has 0 spiro atoms. The molecule has 0 bridgehead atoms. The van der Waals surface area contributed by atoms with E-state index in [-0.39, 0.29) is 18.1 Å². The molecule has 190 valence electrons. The summed E-state index contributed by atoms with van der Waals surface area (Å²) in [6.07, 6.45) is 1.51. The fraction of sp³-hybridized carbons (Fsp3) is 0.115. The zero-order valence-electron chi connectivity index (χ0n) is 19.2. The number of hydrogen-bond acceptors (Lipinski definition) is 5. The second-order valence-corrected chi connectivity index (χ2v) is 10.7. The van der Waals surface area contributed by atoms with Gasteiger partial charge in [-0.05, 0) is 78.4 Å². The molecule has 0 saturated carbocycles. The number of aryl methyl sites for hydroxylation is 1. The monoisotopic (exact) mass is 594 g/mol. The van der Waals surface area contributed by atoms with Crippen LogP contribution < -0.4 is 10.1 Å². The lowest BCUT2D eigenvalue weighted by Crippen LogP contribution is -2.27. The number of hydrogen-bond donors (Lipinski definition) is 1. The van der Waals surface area contributed by atoms with Crippen molar-refractivity contribution in [3.63, 3.8) is 0 Å². The minimum atomic E-state index is -0.471. The minimum Gasteiger partial charge on any atom is -0.483 e. The third-order valence-corrected chi connectivity index (χ3v) is 7.56. The van der Waals surface area contributed by atoms with E-state index in [4.69, 9.17) is 51.1 Å². The van der Waals surface area contributed by atoms with Crippen LogP contribution in [0.2, 0.25) is 20.1 Å². The summed E-state index contributed by atoms with van der Waals surface area (Å²) in [7, 11) is 0. The van der Waals surface area contributed by atoms with Gasteiger partial charge in [0.05, 0.1) is 21.5 Å². The molecular formula is C26H18Cl4N2O4S. The highest BCUT2D eigenvalue weighted by Crippen LogP contribution is 2.36. The number of carbonyl (C=O) groups excluding carboxylic acids is 3. The van der Waals surface area contributed by atoms with Crippen molar-refractivity contribution in [3.8, 4) is 5.75 Å². The maximum atomic E-state index is 13.0. The molecule has 0 unspecified atom stereocenters. The van der Waals surface area contributed by atoms with E-state index < -0.39 is 17.1 Å². The second-order valence-electron chi connectivity index (χ2n) is 8.00. The normalized spacial score (nSPS) is 14.4. The fourth-order valence-corrected chi connectivity index (χ4v) is 4.88. The standard InChI is InChI=1S/C26H18Cl4N2O4S/c1-14-2-5-18(11-20(14)29)31-24(33)13-36-22-7-4-17(27)9-16(22)10-23-25(34)32(26(35)37-23)12-15-3-6-19(28)21(30)8-15/h2-11H,12-13H2,1H3,(H,31,33)/b23-10-. The Morgan fingerprint density at radius 3 is 2.49 bits per heavy atom. The third kappa shape index (κ3) is 6.80. The van der Waals surface area contributed by atoms with Gasteiger partial charge < -0.3 is 10.1 Å². The van der Waals surface area contributed by atoms with E-state index in [0.717, 1.165) is 22.2 Å². The molecule has 0 aromatic heterocycles. The number of nitrogens with zero attached hydrogens (tertiary/aromatic N) is 1. The van der Waals surface area contributed by atoms with Crippen LogP contribution in [0, 0.1) is 6.92 Å². The number of benzene rings is 3. The number of anilines is 1. The Morgan fingerprint density at radius 1 is 0.973 bits per heavy atom. The van der Waals surface area contributed by atoms with Crippen molar-refractivity contribution in [2.45, 2.75) is 13.5 Å². The van der Waals surface area contributed by atoms with Crippen molar-refractivity contribution < 1.29 is 19.1 Å². The molecule has 0 aliphatic carbocycles. The number of ether oxygens (including phenoxy) is 1. The summed E-state index contributed by atoms with van der Waals surface area (Å²) < 4.78 is 5.70. The number of thioether (sulfide) groups is 1. The van der Waals surface area contributed by atoms with Gasteiger partial charge in [-0.25, -0.2) is 0 Å². The van der Waals surface area contributed by atoms with Gasteiger partial charge in [0.1, 0.15) is 5.75 Å². The van der Waals surface area contributed by atoms with Crippen molar-refractivity contribution in [1.29, 1.82) is 0 Å². The zero-order chi connectivity index (χ0) is 26.7. The SMILES string of the molecule is Cc1ccc(NC(=O)COc2ccc(Cl)cc2/C=C2\SC(=O)N(Cc3ccc(Cl)c(Cl)c3)C2=O)cc1Cl. The lowest BCUT2D eigenvalue weighted by atomic mass is 10.1. The van der Waals surface area contributed by atoms with Crippen LogP contribution in [0.3, 0.4) is 0 Å². The maximum Gasteiger partial charge on any atom is 0.293 e. The number of carbonyl (C=O) groups is 3.